The molecule has 6 nitrogen and oxygen atoms in total. The van der Waals surface area contributed by atoms with Crippen LogP contribution in [-0.2, 0) is 16.1 Å². The van der Waals surface area contributed by atoms with Gasteiger partial charge in [-0.25, -0.2) is 14.4 Å². The van der Waals surface area contributed by atoms with E-state index in [-0.39, 0.29) is 12.1 Å². The van der Waals surface area contributed by atoms with E-state index in [0.29, 0.717) is 31.7 Å². The van der Waals surface area contributed by atoms with E-state index >= 15 is 0 Å². The first-order chi connectivity index (χ1) is 12.3. The number of nitrogens with zero attached hydrogens (tertiary/aromatic N) is 4. The molecule has 0 amide bonds. The normalized spacial score (nSPS) is 25.8. The van der Waals surface area contributed by atoms with Crippen LogP contribution in [0, 0.1) is 11.7 Å². The molecule has 1 aliphatic heterocycles. The average molecular weight is 344 g/mol. The van der Waals surface area contributed by atoms with Gasteiger partial charge in [-0.05, 0) is 30.9 Å². The van der Waals surface area contributed by atoms with Crippen LogP contribution in [0.3, 0.4) is 0 Å². The van der Waals surface area contributed by atoms with E-state index in [1.54, 1.807) is 6.20 Å². The van der Waals surface area contributed by atoms with Gasteiger partial charge in [-0.2, -0.15) is 0 Å². The van der Waals surface area contributed by atoms with Gasteiger partial charge < -0.3 is 14.4 Å². The van der Waals surface area contributed by atoms with E-state index in [1.165, 1.54) is 12.4 Å². The number of fused-ring (bicyclic) bond motifs is 1. The lowest BCUT2D eigenvalue weighted by molar-refractivity contribution is 0.0199. The molecule has 25 heavy (non-hydrogen) atoms. The van der Waals surface area contributed by atoms with Crippen molar-refractivity contribution in [2.75, 3.05) is 24.7 Å². The number of hydrogen-bond donors (Lipinski definition) is 0. The van der Waals surface area contributed by atoms with Crippen LogP contribution in [-0.4, -0.2) is 46.9 Å². The van der Waals surface area contributed by atoms with Crippen LogP contribution in [0.1, 0.15) is 18.5 Å². The van der Waals surface area contributed by atoms with Crippen molar-refractivity contribution in [1.82, 2.24) is 15.0 Å². The van der Waals surface area contributed by atoms with Gasteiger partial charge in [-0.1, -0.05) is 6.07 Å². The second kappa shape index (κ2) is 7.41. The Labute approximate surface area is 146 Å². The third-order valence-electron chi connectivity index (χ3n) is 4.83. The van der Waals surface area contributed by atoms with Crippen molar-refractivity contribution in [3.8, 4) is 0 Å². The van der Waals surface area contributed by atoms with Gasteiger partial charge in [0.25, 0.3) is 0 Å². The molecule has 0 radical (unpaired) electrons. The Morgan fingerprint density at radius 2 is 2.08 bits per heavy atom. The molecule has 0 aromatic carbocycles. The Bertz CT molecular complexity index is 685. The monoisotopic (exact) mass is 344 g/mol. The van der Waals surface area contributed by atoms with E-state index in [9.17, 15) is 4.39 Å². The van der Waals surface area contributed by atoms with Crippen LogP contribution in [0.15, 0.2) is 36.8 Å². The number of pyridine rings is 1. The number of anilines is 1. The average Bonchev–Trinajstić information content (AvgIpc) is 3.06. The highest BCUT2D eigenvalue weighted by molar-refractivity contribution is 5.33. The highest BCUT2D eigenvalue weighted by atomic mass is 19.1. The first-order valence-electron chi connectivity index (χ1n) is 8.63. The highest BCUT2D eigenvalue weighted by Gasteiger charge is 2.42. The molecule has 3 atom stereocenters. The fourth-order valence-electron chi connectivity index (χ4n) is 3.70. The van der Waals surface area contributed by atoms with Gasteiger partial charge in [-0.15, -0.1) is 0 Å². The molecular formula is C18H21FN4O2. The van der Waals surface area contributed by atoms with Gasteiger partial charge in [0.2, 0.25) is 5.95 Å². The Morgan fingerprint density at radius 1 is 1.20 bits per heavy atom. The van der Waals surface area contributed by atoms with Gasteiger partial charge in [0, 0.05) is 12.7 Å². The smallest absolute Gasteiger partial charge is 0.225 e. The predicted octanol–water partition coefficient (Wildman–Crippen LogP) is 2.21. The van der Waals surface area contributed by atoms with Crippen LogP contribution in [0.2, 0.25) is 0 Å². The van der Waals surface area contributed by atoms with E-state index in [0.717, 1.165) is 25.1 Å². The lowest BCUT2D eigenvalue weighted by Gasteiger charge is -2.37. The fourth-order valence-corrected chi connectivity index (χ4v) is 3.70. The van der Waals surface area contributed by atoms with Crippen LogP contribution in [0.25, 0.3) is 0 Å². The van der Waals surface area contributed by atoms with Gasteiger partial charge in [-0.3, -0.25) is 4.98 Å². The van der Waals surface area contributed by atoms with Crippen LogP contribution >= 0.6 is 0 Å². The lowest BCUT2D eigenvalue weighted by Crippen LogP contribution is -2.49. The zero-order chi connectivity index (χ0) is 17.1. The summed E-state index contributed by atoms with van der Waals surface area (Å²) in [6, 6.07) is 6.05. The molecule has 2 aliphatic rings. The molecule has 132 valence electrons. The molecular weight excluding hydrogens is 323 g/mol. The second-order valence-electron chi connectivity index (χ2n) is 6.54. The molecule has 0 N–H and O–H groups in total. The molecule has 2 aromatic heterocycles. The van der Waals surface area contributed by atoms with Crippen molar-refractivity contribution >= 4 is 5.95 Å². The van der Waals surface area contributed by atoms with Gasteiger partial charge in [0.05, 0.1) is 50.1 Å². The minimum atomic E-state index is -0.416. The molecule has 1 saturated heterocycles. The van der Waals surface area contributed by atoms with Crippen LogP contribution in [0.5, 0.6) is 0 Å². The molecule has 7 heteroatoms. The van der Waals surface area contributed by atoms with Crippen LogP contribution in [0.4, 0.5) is 10.3 Å². The number of ether oxygens (including phenoxy) is 2. The minimum Gasteiger partial charge on any atom is -0.375 e. The van der Waals surface area contributed by atoms with E-state index in [4.69, 9.17) is 9.47 Å². The largest absolute Gasteiger partial charge is 0.375 e. The molecule has 2 fully saturated rings. The van der Waals surface area contributed by atoms with Crippen molar-refractivity contribution in [3.63, 3.8) is 0 Å². The Hall–Kier alpha value is -2.12. The third kappa shape index (κ3) is 3.77. The van der Waals surface area contributed by atoms with Crippen molar-refractivity contribution in [2.24, 2.45) is 5.92 Å². The summed E-state index contributed by atoms with van der Waals surface area (Å²) in [5, 5.41) is 0. The maximum atomic E-state index is 13.1. The fraction of sp³-hybridized carbons (Fsp3) is 0.500. The maximum absolute atomic E-state index is 13.1. The Morgan fingerprint density at radius 3 is 2.88 bits per heavy atom. The van der Waals surface area contributed by atoms with E-state index in [2.05, 4.69) is 19.9 Å². The second-order valence-corrected chi connectivity index (χ2v) is 6.54. The summed E-state index contributed by atoms with van der Waals surface area (Å²) in [5.41, 5.74) is 0.940. The standard InChI is InChI=1S/C18H21FN4O2/c19-14-9-21-18(22-10-14)23-5-6-25-17-8-13(7-16(17)23)11-24-12-15-3-1-2-4-20-15/h1-4,9-10,13,16-17H,5-8,11-12H2/t13?,16-,17-/m1/s1. The number of halogens is 1. The number of hydrogen-bond acceptors (Lipinski definition) is 6. The Kier molecular flexibility index (Phi) is 4.85. The summed E-state index contributed by atoms with van der Waals surface area (Å²) in [6.45, 7) is 2.58. The van der Waals surface area contributed by atoms with E-state index in [1.807, 2.05) is 18.2 Å². The summed E-state index contributed by atoms with van der Waals surface area (Å²) in [7, 11) is 0. The van der Waals surface area contributed by atoms with Gasteiger partial charge in [0.15, 0.2) is 5.82 Å². The summed E-state index contributed by atoms with van der Waals surface area (Å²) in [5.74, 6) is 0.593. The molecule has 2 aromatic rings. The molecule has 3 heterocycles. The zero-order valence-corrected chi connectivity index (χ0v) is 13.9. The predicted molar refractivity (Wildman–Crippen MR) is 89.5 cm³/mol. The van der Waals surface area contributed by atoms with Crippen molar-refractivity contribution in [1.29, 1.82) is 0 Å². The highest BCUT2D eigenvalue weighted by Crippen LogP contribution is 2.35. The maximum Gasteiger partial charge on any atom is 0.225 e. The van der Waals surface area contributed by atoms with Crippen molar-refractivity contribution in [2.45, 2.75) is 31.6 Å². The molecule has 4 rings (SSSR count). The summed E-state index contributed by atoms with van der Waals surface area (Å²) in [4.78, 5) is 14.7. The summed E-state index contributed by atoms with van der Waals surface area (Å²) < 4.78 is 24.9. The molecule has 1 saturated carbocycles. The lowest BCUT2D eigenvalue weighted by atomic mass is 10.1. The Balaban J connectivity index is 1.35. The van der Waals surface area contributed by atoms with E-state index < -0.39 is 5.82 Å². The van der Waals surface area contributed by atoms with Crippen LogP contribution < -0.4 is 4.90 Å². The quantitative estimate of drug-likeness (QED) is 0.829. The molecule has 1 aliphatic carbocycles. The number of aromatic nitrogens is 3. The first kappa shape index (κ1) is 16.4. The van der Waals surface area contributed by atoms with Gasteiger partial charge in [0.1, 0.15) is 0 Å². The SMILES string of the molecule is Fc1cnc(N2CCO[C@@H]3CC(COCc4ccccn4)C[C@H]32)nc1. The summed E-state index contributed by atoms with van der Waals surface area (Å²) >= 11 is 0. The van der Waals surface area contributed by atoms with Gasteiger partial charge >= 0.3 is 0 Å². The first-order valence-corrected chi connectivity index (χ1v) is 8.63. The van der Waals surface area contributed by atoms with Crippen molar-refractivity contribution in [3.05, 3.63) is 48.3 Å². The molecule has 1 unspecified atom stereocenters. The molecule has 0 bridgehead atoms. The summed E-state index contributed by atoms with van der Waals surface area (Å²) in [6.07, 6.45) is 6.30. The number of morpholine rings is 1. The zero-order valence-electron chi connectivity index (χ0n) is 13.9. The third-order valence-corrected chi connectivity index (χ3v) is 4.83. The topological polar surface area (TPSA) is 60.4 Å². The minimum absolute atomic E-state index is 0.158. The molecule has 0 spiro atoms. The number of rotatable bonds is 5. The van der Waals surface area contributed by atoms with Crippen molar-refractivity contribution < 1.29 is 13.9 Å².